The standard InChI is InChI=1S/C17H35NO3/c1-15(2,3)13-7-9-17(12-18,10-8-13)16(4,19)11-14(20-5)21-6/h13-14,19H,7-12,18H2,1-6H3. The second-order valence-corrected chi connectivity index (χ2v) is 8.00. The van der Waals surface area contributed by atoms with Crippen molar-refractivity contribution >= 4 is 0 Å². The molecule has 126 valence electrons. The minimum absolute atomic E-state index is 0.232. The number of ether oxygens (including phenoxy) is 2. The smallest absolute Gasteiger partial charge is 0.159 e. The van der Waals surface area contributed by atoms with Crippen molar-refractivity contribution in [2.24, 2.45) is 22.5 Å². The van der Waals surface area contributed by atoms with Crippen LogP contribution < -0.4 is 5.73 Å². The van der Waals surface area contributed by atoms with Gasteiger partial charge in [0.1, 0.15) is 0 Å². The lowest BCUT2D eigenvalue weighted by Gasteiger charge is -2.51. The molecule has 0 radical (unpaired) electrons. The Morgan fingerprint density at radius 3 is 1.95 bits per heavy atom. The van der Waals surface area contributed by atoms with Gasteiger partial charge in [-0.3, -0.25) is 0 Å². The Labute approximate surface area is 130 Å². The lowest BCUT2D eigenvalue weighted by molar-refractivity contribution is -0.178. The predicted molar refractivity (Wildman–Crippen MR) is 85.9 cm³/mol. The quantitative estimate of drug-likeness (QED) is 0.740. The first-order valence-electron chi connectivity index (χ1n) is 8.10. The molecule has 0 spiro atoms. The largest absolute Gasteiger partial charge is 0.389 e. The molecule has 1 rings (SSSR count). The minimum Gasteiger partial charge on any atom is -0.389 e. The first-order valence-corrected chi connectivity index (χ1v) is 8.10. The summed E-state index contributed by atoms with van der Waals surface area (Å²) < 4.78 is 10.5. The van der Waals surface area contributed by atoms with Crippen LogP contribution in [0.4, 0.5) is 0 Å². The van der Waals surface area contributed by atoms with Crippen LogP contribution in [0.2, 0.25) is 0 Å². The third kappa shape index (κ3) is 4.19. The van der Waals surface area contributed by atoms with Crippen LogP contribution in [0.3, 0.4) is 0 Å². The van der Waals surface area contributed by atoms with Crippen LogP contribution in [0, 0.1) is 16.7 Å². The monoisotopic (exact) mass is 301 g/mol. The summed E-state index contributed by atoms with van der Waals surface area (Å²) in [5.41, 5.74) is 5.32. The van der Waals surface area contributed by atoms with Gasteiger partial charge in [0, 0.05) is 32.6 Å². The molecule has 0 saturated heterocycles. The molecule has 1 fully saturated rings. The Bertz CT molecular complexity index is 310. The fourth-order valence-electron chi connectivity index (χ4n) is 3.80. The van der Waals surface area contributed by atoms with Crippen molar-refractivity contribution in [1.29, 1.82) is 0 Å². The number of methoxy groups -OCH3 is 2. The van der Waals surface area contributed by atoms with E-state index in [1.54, 1.807) is 14.2 Å². The van der Waals surface area contributed by atoms with Crippen LogP contribution in [0.25, 0.3) is 0 Å². The average Bonchev–Trinajstić information content (AvgIpc) is 2.43. The fraction of sp³-hybridized carbons (Fsp3) is 1.00. The molecular formula is C17H35NO3. The summed E-state index contributed by atoms with van der Waals surface area (Å²) in [6.07, 6.45) is 4.26. The van der Waals surface area contributed by atoms with Crippen molar-refractivity contribution < 1.29 is 14.6 Å². The summed E-state index contributed by atoms with van der Waals surface area (Å²) in [5, 5.41) is 11.1. The van der Waals surface area contributed by atoms with Crippen molar-refractivity contribution in [3.63, 3.8) is 0 Å². The molecule has 3 N–H and O–H groups in total. The third-order valence-corrected chi connectivity index (χ3v) is 5.79. The molecular weight excluding hydrogens is 266 g/mol. The zero-order valence-electron chi connectivity index (χ0n) is 14.7. The molecule has 0 amide bonds. The zero-order valence-corrected chi connectivity index (χ0v) is 14.7. The van der Waals surface area contributed by atoms with Gasteiger partial charge < -0.3 is 20.3 Å². The Morgan fingerprint density at radius 2 is 1.62 bits per heavy atom. The van der Waals surface area contributed by atoms with E-state index in [4.69, 9.17) is 15.2 Å². The molecule has 1 unspecified atom stereocenters. The van der Waals surface area contributed by atoms with Crippen molar-refractivity contribution in [1.82, 2.24) is 0 Å². The molecule has 1 atom stereocenters. The van der Waals surface area contributed by atoms with Gasteiger partial charge in [0.15, 0.2) is 6.29 Å². The van der Waals surface area contributed by atoms with Gasteiger partial charge in [-0.05, 0) is 43.9 Å². The molecule has 4 heteroatoms. The van der Waals surface area contributed by atoms with E-state index in [1.807, 2.05) is 6.92 Å². The van der Waals surface area contributed by atoms with Gasteiger partial charge in [-0.2, -0.15) is 0 Å². The van der Waals surface area contributed by atoms with Crippen LogP contribution in [0.1, 0.15) is 59.8 Å². The molecule has 0 bridgehead atoms. The number of hydrogen-bond acceptors (Lipinski definition) is 4. The van der Waals surface area contributed by atoms with Crippen LogP contribution in [-0.4, -0.2) is 37.8 Å². The number of aliphatic hydroxyl groups is 1. The van der Waals surface area contributed by atoms with Crippen molar-refractivity contribution in [3.8, 4) is 0 Å². The number of rotatable bonds is 6. The Morgan fingerprint density at radius 1 is 1.14 bits per heavy atom. The maximum Gasteiger partial charge on any atom is 0.159 e. The normalized spacial score (nSPS) is 30.4. The maximum atomic E-state index is 11.1. The summed E-state index contributed by atoms with van der Waals surface area (Å²) in [6, 6.07) is 0. The SMILES string of the molecule is COC(CC(C)(O)C1(CN)CCC(C(C)(C)C)CC1)OC. The number of nitrogens with two attached hydrogens (primary N) is 1. The Hall–Kier alpha value is -0.160. The van der Waals surface area contributed by atoms with Gasteiger partial charge in [-0.15, -0.1) is 0 Å². The molecule has 1 aliphatic rings. The molecule has 4 nitrogen and oxygen atoms in total. The summed E-state index contributed by atoms with van der Waals surface area (Å²) >= 11 is 0. The van der Waals surface area contributed by atoms with E-state index < -0.39 is 5.60 Å². The molecule has 21 heavy (non-hydrogen) atoms. The molecule has 0 aliphatic heterocycles. The summed E-state index contributed by atoms with van der Waals surface area (Å²) in [4.78, 5) is 0. The average molecular weight is 301 g/mol. The topological polar surface area (TPSA) is 64.7 Å². The molecule has 0 aromatic heterocycles. The lowest BCUT2D eigenvalue weighted by Crippen LogP contribution is -2.54. The van der Waals surface area contributed by atoms with Gasteiger partial charge in [-0.25, -0.2) is 0 Å². The Kier molecular flexibility index (Phi) is 6.25. The van der Waals surface area contributed by atoms with Crippen LogP contribution >= 0.6 is 0 Å². The molecule has 0 heterocycles. The maximum absolute atomic E-state index is 11.1. The van der Waals surface area contributed by atoms with Gasteiger partial charge in [0.2, 0.25) is 0 Å². The van der Waals surface area contributed by atoms with Gasteiger partial charge in [-0.1, -0.05) is 20.8 Å². The summed E-state index contributed by atoms with van der Waals surface area (Å²) in [5.74, 6) is 0.702. The highest BCUT2D eigenvalue weighted by Gasteiger charge is 2.50. The summed E-state index contributed by atoms with van der Waals surface area (Å²) in [7, 11) is 3.21. The minimum atomic E-state index is -0.874. The van der Waals surface area contributed by atoms with E-state index in [1.165, 1.54) is 0 Å². The van der Waals surface area contributed by atoms with Crippen LogP contribution in [0.15, 0.2) is 0 Å². The van der Waals surface area contributed by atoms with Crippen molar-refractivity contribution in [2.45, 2.75) is 71.7 Å². The van der Waals surface area contributed by atoms with E-state index in [-0.39, 0.29) is 11.7 Å². The highest BCUT2D eigenvalue weighted by Crippen LogP contribution is 2.51. The Balaban J connectivity index is 2.82. The number of hydrogen-bond donors (Lipinski definition) is 2. The van der Waals surface area contributed by atoms with E-state index in [0.717, 1.165) is 25.7 Å². The second-order valence-electron chi connectivity index (χ2n) is 8.00. The fourth-order valence-corrected chi connectivity index (χ4v) is 3.80. The zero-order chi connectivity index (χ0) is 16.3. The van der Waals surface area contributed by atoms with E-state index in [2.05, 4.69) is 20.8 Å². The molecule has 0 aromatic rings. The first-order chi connectivity index (χ1) is 9.62. The molecule has 1 saturated carbocycles. The van der Waals surface area contributed by atoms with Crippen molar-refractivity contribution in [3.05, 3.63) is 0 Å². The van der Waals surface area contributed by atoms with Crippen molar-refractivity contribution in [2.75, 3.05) is 20.8 Å². The van der Waals surface area contributed by atoms with E-state index >= 15 is 0 Å². The summed E-state index contributed by atoms with van der Waals surface area (Å²) in [6.45, 7) is 9.31. The first kappa shape index (κ1) is 18.9. The van der Waals surface area contributed by atoms with Crippen LogP contribution in [0.5, 0.6) is 0 Å². The highest BCUT2D eigenvalue weighted by atomic mass is 16.7. The van der Waals surface area contributed by atoms with E-state index in [9.17, 15) is 5.11 Å². The third-order valence-electron chi connectivity index (χ3n) is 5.79. The van der Waals surface area contributed by atoms with E-state index in [0.29, 0.717) is 24.3 Å². The molecule has 0 aromatic carbocycles. The van der Waals surface area contributed by atoms with Gasteiger partial charge >= 0.3 is 0 Å². The second kappa shape index (κ2) is 6.95. The lowest BCUT2D eigenvalue weighted by atomic mass is 9.58. The predicted octanol–water partition coefficient (Wildman–Crippen LogP) is 2.93. The van der Waals surface area contributed by atoms with Gasteiger partial charge in [0.05, 0.1) is 5.60 Å². The van der Waals surface area contributed by atoms with Crippen LogP contribution in [-0.2, 0) is 9.47 Å². The van der Waals surface area contributed by atoms with Gasteiger partial charge in [0.25, 0.3) is 0 Å². The molecule has 1 aliphatic carbocycles. The highest BCUT2D eigenvalue weighted by molar-refractivity contribution is 5.01.